The van der Waals surface area contributed by atoms with E-state index in [-0.39, 0.29) is 17.6 Å². The molecule has 5 rings (SSSR count). The van der Waals surface area contributed by atoms with Gasteiger partial charge in [-0.25, -0.2) is 0 Å². The predicted molar refractivity (Wildman–Crippen MR) is 151 cm³/mol. The van der Waals surface area contributed by atoms with Crippen LogP contribution in [-0.2, 0) is 9.59 Å². The van der Waals surface area contributed by atoms with E-state index in [0.29, 0.717) is 34.9 Å². The lowest BCUT2D eigenvalue weighted by atomic mass is 9.78. The van der Waals surface area contributed by atoms with Gasteiger partial charge in [-0.05, 0) is 66.3 Å². The first kappa shape index (κ1) is 25.6. The highest BCUT2D eigenvalue weighted by molar-refractivity contribution is 6.31. The van der Waals surface area contributed by atoms with Crippen LogP contribution in [-0.4, -0.2) is 11.7 Å². The lowest BCUT2D eigenvalue weighted by Crippen LogP contribution is -2.38. The molecule has 0 saturated carbocycles. The molecule has 0 bridgehead atoms. The Bertz CT molecular complexity index is 1350. The van der Waals surface area contributed by atoms with E-state index in [0.717, 1.165) is 47.5 Å². The van der Waals surface area contributed by atoms with Gasteiger partial charge in [-0.3, -0.25) is 14.5 Å². The summed E-state index contributed by atoms with van der Waals surface area (Å²) in [4.78, 5) is 29.7. The van der Waals surface area contributed by atoms with E-state index in [1.165, 1.54) is 0 Å². The highest BCUT2D eigenvalue weighted by Crippen LogP contribution is 2.48. The Morgan fingerprint density at radius 2 is 1.70 bits per heavy atom. The summed E-state index contributed by atoms with van der Waals surface area (Å²) >= 11 is 12.6. The molecule has 37 heavy (non-hydrogen) atoms. The van der Waals surface area contributed by atoms with Crippen LogP contribution in [0.3, 0.4) is 0 Å². The number of hydrogen-bond donors (Lipinski definition) is 1. The number of fused-ring (bicyclic) bond motifs is 1. The number of allylic oxidation sites excluding steroid dienone is 1. The van der Waals surface area contributed by atoms with Crippen molar-refractivity contribution in [2.75, 3.05) is 10.2 Å². The van der Waals surface area contributed by atoms with Gasteiger partial charge in [0.15, 0.2) is 5.78 Å². The normalized spacial score (nSPS) is 19.1. The first-order valence-corrected chi connectivity index (χ1v) is 13.7. The molecule has 0 saturated heterocycles. The number of hydrogen-bond acceptors (Lipinski definition) is 3. The van der Waals surface area contributed by atoms with E-state index < -0.39 is 6.04 Å². The average molecular weight is 533 g/mol. The third kappa shape index (κ3) is 5.32. The van der Waals surface area contributed by atoms with Crippen LogP contribution >= 0.6 is 23.2 Å². The van der Waals surface area contributed by atoms with Gasteiger partial charge in [0.25, 0.3) is 0 Å². The molecule has 1 aliphatic carbocycles. The van der Waals surface area contributed by atoms with Crippen LogP contribution in [0, 0.1) is 0 Å². The molecular formula is C31H30Cl2N2O2. The zero-order valence-electron chi connectivity index (χ0n) is 20.8. The molecule has 2 unspecified atom stereocenters. The molecule has 0 aromatic heterocycles. The summed E-state index contributed by atoms with van der Waals surface area (Å²) in [5.74, 6) is 0.0712. The molecule has 1 aliphatic heterocycles. The highest BCUT2D eigenvalue weighted by atomic mass is 35.5. The van der Waals surface area contributed by atoms with Crippen LogP contribution in [0.4, 0.5) is 11.4 Å². The molecule has 1 heterocycles. The maximum Gasteiger partial charge on any atom is 0.227 e. The third-order valence-corrected chi connectivity index (χ3v) is 7.74. The number of benzene rings is 3. The van der Waals surface area contributed by atoms with Gasteiger partial charge in [0.2, 0.25) is 5.91 Å². The number of carbonyl (C=O) groups excluding carboxylic acids is 2. The fourth-order valence-electron chi connectivity index (χ4n) is 5.47. The van der Waals surface area contributed by atoms with Gasteiger partial charge >= 0.3 is 0 Å². The molecule has 0 radical (unpaired) electrons. The molecular weight excluding hydrogens is 503 g/mol. The molecule has 0 fully saturated rings. The molecule has 2 atom stereocenters. The zero-order chi connectivity index (χ0) is 25.9. The first-order chi connectivity index (χ1) is 18.0. The van der Waals surface area contributed by atoms with Gasteiger partial charge in [0, 0.05) is 34.2 Å². The monoisotopic (exact) mass is 532 g/mol. The fourth-order valence-corrected chi connectivity index (χ4v) is 5.80. The van der Waals surface area contributed by atoms with Crippen molar-refractivity contribution in [2.24, 2.45) is 0 Å². The minimum absolute atomic E-state index is 0.00838. The minimum Gasteiger partial charge on any atom is -0.357 e. The van der Waals surface area contributed by atoms with E-state index >= 15 is 0 Å². The van der Waals surface area contributed by atoms with Crippen LogP contribution in [0.5, 0.6) is 0 Å². The number of anilines is 2. The summed E-state index contributed by atoms with van der Waals surface area (Å²) in [5.41, 5.74) is 5.02. The van der Waals surface area contributed by atoms with Gasteiger partial charge < -0.3 is 5.32 Å². The minimum atomic E-state index is -0.558. The van der Waals surface area contributed by atoms with Crippen LogP contribution in [0.25, 0.3) is 0 Å². The smallest absolute Gasteiger partial charge is 0.227 e. The Balaban J connectivity index is 1.66. The molecule has 4 nitrogen and oxygen atoms in total. The Morgan fingerprint density at radius 1 is 0.919 bits per heavy atom. The van der Waals surface area contributed by atoms with Crippen molar-refractivity contribution in [1.82, 2.24) is 0 Å². The number of halogens is 2. The fraction of sp³-hybridized carbons (Fsp3) is 0.290. The second-order valence-corrected chi connectivity index (χ2v) is 10.7. The number of Topliss-reactive ketones (excluding diaryl/α,β-unsaturated/α-hetero) is 1. The number of para-hydroxylation sites is 2. The molecule has 2 aliphatic rings. The summed E-state index contributed by atoms with van der Waals surface area (Å²) in [6.07, 6.45) is 4.27. The van der Waals surface area contributed by atoms with E-state index in [2.05, 4.69) is 12.2 Å². The summed E-state index contributed by atoms with van der Waals surface area (Å²) in [7, 11) is 0. The Labute approximate surface area is 228 Å². The zero-order valence-corrected chi connectivity index (χ0v) is 22.4. The van der Waals surface area contributed by atoms with E-state index in [9.17, 15) is 9.59 Å². The lowest BCUT2D eigenvalue weighted by molar-refractivity contribution is -0.119. The standard InChI is InChI=1S/C31H30Cl2N2O2/c1-2-3-4-12-29(37)35-27-11-6-5-10-25(27)34-26-18-22(20-13-15-23(32)16-14-20)19-28(36)30(26)31(35)21-8-7-9-24(33)17-21/h5-11,13-17,22,31,34H,2-4,12,18-19H2,1H3. The predicted octanol–water partition coefficient (Wildman–Crippen LogP) is 8.47. The van der Waals surface area contributed by atoms with Gasteiger partial charge in [-0.15, -0.1) is 0 Å². The molecule has 6 heteroatoms. The Hall–Kier alpha value is -3.08. The summed E-state index contributed by atoms with van der Waals surface area (Å²) in [6.45, 7) is 2.12. The number of amides is 1. The number of carbonyl (C=O) groups is 2. The maximum atomic E-state index is 14.0. The van der Waals surface area contributed by atoms with Gasteiger partial charge in [0.1, 0.15) is 0 Å². The van der Waals surface area contributed by atoms with Gasteiger partial charge in [-0.1, -0.05) is 79.4 Å². The van der Waals surface area contributed by atoms with Crippen molar-refractivity contribution in [1.29, 1.82) is 0 Å². The van der Waals surface area contributed by atoms with E-state index in [1.807, 2.05) is 77.7 Å². The molecule has 0 spiro atoms. The largest absolute Gasteiger partial charge is 0.357 e. The van der Waals surface area contributed by atoms with Crippen molar-refractivity contribution in [3.63, 3.8) is 0 Å². The summed E-state index contributed by atoms with van der Waals surface area (Å²) in [6, 6.07) is 22.5. The quantitative estimate of drug-likeness (QED) is 0.323. The number of nitrogens with one attached hydrogen (secondary N) is 1. The molecule has 1 amide bonds. The topological polar surface area (TPSA) is 49.4 Å². The van der Waals surface area contributed by atoms with Crippen LogP contribution in [0.1, 0.15) is 68.5 Å². The Morgan fingerprint density at radius 3 is 2.46 bits per heavy atom. The van der Waals surface area contributed by atoms with Crippen molar-refractivity contribution >= 4 is 46.3 Å². The summed E-state index contributed by atoms with van der Waals surface area (Å²) < 4.78 is 0. The maximum absolute atomic E-state index is 14.0. The number of unbranched alkanes of at least 4 members (excludes halogenated alkanes) is 2. The van der Waals surface area contributed by atoms with Crippen molar-refractivity contribution < 1.29 is 9.59 Å². The van der Waals surface area contributed by atoms with E-state index in [1.54, 1.807) is 0 Å². The van der Waals surface area contributed by atoms with Gasteiger partial charge in [-0.2, -0.15) is 0 Å². The number of rotatable bonds is 6. The molecule has 1 N–H and O–H groups in total. The van der Waals surface area contributed by atoms with Crippen molar-refractivity contribution in [3.8, 4) is 0 Å². The van der Waals surface area contributed by atoms with Crippen molar-refractivity contribution in [2.45, 2.75) is 57.4 Å². The number of ketones is 1. The van der Waals surface area contributed by atoms with Crippen LogP contribution in [0.15, 0.2) is 84.1 Å². The summed E-state index contributed by atoms with van der Waals surface area (Å²) in [5, 5.41) is 4.82. The SMILES string of the molecule is CCCCCC(=O)N1c2ccccc2NC2=C(C(=O)CC(c3ccc(Cl)cc3)C2)C1c1cccc(Cl)c1. The Kier molecular flexibility index (Phi) is 7.68. The highest BCUT2D eigenvalue weighted by Gasteiger charge is 2.41. The van der Waals surface area contributed by atoms with Crippen molar-refractivity contribution in [3.05, 3.63) is 105 Å². The second kappa shape index (κ2) is 11.1. The van der Waals surface area contributed by atoms with Crippen LogP contribution in [0.2, 0.25) is 10.0 Å². The third-order valence-electron chi connectivity index (χ3n) is 7.26. The lowest BCUT2D eigenvalue weighted by Gasteiger charge is -2.35. The molecule has 3 aromatic rings. The van der Waals surface area contributed by atoms with Crippen LogP contribution < -0.4 is 10.2 Å². The van der Waals surface area contributed by atoms with E-state index in [4.69, 9.17) is 23.2 Å². The average Bonchev–Trinajstić information content (AvgIpc) is 3.04. The molecule has 190 valence electrons. The number of nitrogens with zero attached hydrogens (tertiary/aromatic N) is 1. The van der Waals surface area contributed by atoms with Gasteiger partial charge in [0.05, 0.1) is 17.4 Å². The first-order valence-electron chi connectivity index (χ1n) is 12.9. The molecule has 3 aromatic carbocycles. The second-order valence-electron chi connectivity index (χ2n) is 9.79.